The highest BCUT2D eigenvalue weighted by Gasteiger charge is 2.59. The standard InChI is InChI=1S/C15H16BrNO3/c1-20-14(19)15(6-7-15)13(18)17-8-5-10-3-2-4-12(16)11(10)9-17/h2-4H,5-9H2,1H3. The van der Waals surface area contributed by atoms with Gasteiger partial charge in [-0.05, 0) is 36.5 Å². The van der Waals surface area contributed by atoms with Gasteiger partial charge in [-0.2, -0.15) is 0 Å². The Labute approximate surface area is 126 Å². The summed E-state index contributed by atoms with van der Waals surface area (Å²) in [6.07, 6.45) is 2.05. The van der Waals surface area contributed by atoms with Gasteiger partial charge >= 0.3 is 5.97 Å². The van der Waals surface area contributed by atoms with E-state index in [1.165, 1.54) is 12.7 Å². The zero-order chi connectivity index (χ0) is 14.3. The minimum absolute atomic E-state index is 0.0780. The van der Waals surface area contributed by atoms with Crippen molar-refractivity contribution in [1.82, 2.24) is 4.90 Å². The van der Waals surface area contributed by atoms with E-state index < -0.39 is 5.41 Å². The van der Waals surface area contributed by atoms with Crippen LogP contribution in [0.25, 0.3) is 0 Å². The summed E-state index contributed by atoms with van der Waals surface area (Å²) < 4.78 is 5.81. The minimum Gasteiger partial charge on any atom is -0.468 e. The molecule has 1 aliphatic carbocycles. The summed E-state index contributed by atoms with van der Waals surface area (Å²) in [6.45, 7) is 1.23. The molecular formula is C15H16BrNO3. The molecule has 1 heterocycles. The third-order valence-electron chi connectivity index (χ3n) is 4.24. The van der Waals surface area contributed by atoms with E-state index >= 15 is 0 Å². The topological polar surface area (TPSA) is 46.6 Å². The molecule has 3 rings (SSSR count). The van der Waals surface area contributed by atoms with E-state index in [0.717, 1.165) is 16.5 Å². The monoisotopic (exact) mass is 337 g/mol. The van der Waals surface area contributed by atoms with Crippen LogP contribution in [0.15, 0.2) is 22.7 Å². The van der Waals surface area contributed by atoms with Gasteiger partial charge in [-0.15, -0.1) is 0 Å². The van der Waals surface area contributed by atoms with Gasteiger partial charge in [0.15, 0.2) is 0 Å². The molecule has 4 nitrogen and oxygen atoms in total. The maximum atomic E-state index is 12.6. The number of methoxy groups -OCH3 is 1. The molecule has 1 aliphatic heterocycles. The molecule has 0 saturated heterocycles. The zero-order valence-electron chi connectivity index (χ0n) is 11.3. The molecule has 106 valence electrons. The molecule has 0 N–H and O–H groups in total. The Kier molecular flexibility index (Phi) is 3.32. The first kappa shape index (κ1) is 13.6. The molecule has 1 saturated carbocycles. The van der Waals surface area contributed by atoms with Crippen LogP contribution in [0.5, 0.6) is 0 Å². The van der Waals surface area contributed by atoms with E-state index in [9.17, 15) is 9.59 Å². The summed E-state index contributed by atoms with van der Waals surface area (Å²) in [5.41, 5.74) is 1.52. The van der Waals surface area contributed by atoms with Crippen LogP contribution in [0.3, 0.4) is 0 Å². The van der Waals surface area contributed by atoms with Crippen LogP contribution >= 0.6 is 15.9 Å². The number of ether oxygens (including phenoxy) is 1. The van der Waals surface area contributed by atoms with Gasteiger partial charge < -0.3 is 9.64 Å². The number of fused-ring (bicyclic) bond motifs is 1. The molecule has 20 heavy (non-hydrogen) atoms. The number of halogens is 1. The summed E-state index contributed by atoms with van der Waals surface area (Å²) in [4.78, 5) is 26.2. The zero-order valence-corrected chi connectivity index (χ0v) is 12.9. The molecule has 1 fully saturated rings. The van der Waals surface area contributed by atoms with Crippen LogP contribution in [0.1, 0.15) is 24.0 Å². The van der Waals surface area contributed by atoms with Crippen molar-refractivity contribution in [1.29, 1.82) is 0 Å². The van der Waals surface area contributed by atoms with Gasteiger partial charge in [-0.25, -0.2) is 0 Å². The van der Waals surface area contributed by atoms with Gasteiger partial charge in [0.2, 0.25) is 5.91 Å². The van der Waals surface area contributed by atoms with E-state index in [4.69, 9.17) is 4.74 Å². The second-order valence-electron chi connectivity index (χ2n) is 5.43. The largest absolute Gasteiger partial charge is 0.468 e. The highest BCUT2D eigenvalue weighted by Crippen LogP contribution is 2.49. The Bertz CT molecular complexity index is 580. The van der Waals surface area contributed by atoms with Crippen molar-refractivity contribution in [2.45, 2.75) is 25.8 Å². The van der Waals surface area contributed by atoms with E-state index in [0.29, 0.717) is 25.9 Å². The fourth-order valence-corrected chi connectivity index (χ4v) is 3.37. The fraction of sp³-hybridized carbons (Fsp3) is 0.467. The number of esters is 1. The summed E-state index contributed by atoms with van der Waals surface area (Å²) in [5, 5.41) is 0. The van der Waals surface area contributed by atoms with Crippen molar-refractivity contribution < 1.29 is 14.3 Å². The van der Waals surface area contributed by atoms with Crippen LogP contribution < -0.4 is 0 Å². The number of nitrogens with zero attached hydrogens (tertiary/aromatic N) is 1. The SMILES string of the molecule is COC(=O)C1(C(=O)N2CCc3cccc(Br)c3C2)CC1. The van der Waals surface area contributed by atoms with Crippen molar-refractivity contribution in [3.63, 3.8) is 0 Å². The molecular weight excluding hydrogens is 322 g/mol. The second-order valence-corrected chi connectivity index (χ2v) is 6.28. The summed E-state index contributed by atoms with van der Waals surface area (Å²) in [7, 11) is 1.35. The third kappa shape index (κ3) is 2.04. The second kappa shape index (κ2) is 4.88. The van der Waals surface area contributed by atoms with Gasteiger partial charge in [-0.3, -0.25) is 9.59 Å². The number of hydrogen-bond donors (Lipinski definition) is 0. The molecule has 0 radical (unpaired) electrons. The van der Waals surface area contributed by atoms with E-state index in [1.807, 2.05) is 12.1 Å². The number of benzene rings is 1. The van der Waals surface area contributed by atoms with Crippen LogP contribution in [0.4, 0.5) is 0 Å². The molecule has 1 amide bonds. The average Bonchev–Trinajstić information content (AvgIpc) is 3.27. The summed E-state index contributed by atoms with van der Waals surface area (Å²) in [6, 6.07) is 6.09. The number of hydrogen-bond acceptors (Lipinski definition) is 3. The highest BCUT2D eigenvalue weighted by molar-refractivity contribution is 9.10. The van der Waals surface area contributed by atoms with Crippen molar-refractivity contribution in [3.8, 4) is 0 Å². The lowest BCUT2D eigenvalue weighted by Crippen LogP contribution is -2.43. The minimum atomic E-state index is -0.895. The first-order chi connectivity index (χ1) is 9.58. The van der Waals surface area contributed by atoms with Crippen LogP contribution in [-0.2, 0) is 27.3 Å². The smallest absolute Gasteiger partial charge is 0.321 e. The first-order valence-corrected chi connectivity index (χ1v) is 7.52. The maximum absolute atomic E-state index is 12.6. The van der Waals surface area contributed by atoms with Gasteiger partial charge in [0.25, 0.3) is 0 Å². The number of rotatable bonds is 2. The Morgan fingerprint density at radius 1 is 1.35 bits per heavy atom. The van der Waals surface area contributed by atoms with E-state index in [1.54, 1.807) is 4.90 Å². The molecule has 0 aromatic heterocycles. The summed E-state index contributed by atoms with van der Waals surface area (Å²) >= 11 is 3.54. The van der Waals surface area contributed by atoms with Crippen LogP contribution in [0, 0.1) is 5.41 Å². The van der Waals surface area contributed by atoms with Crippen molar-refractivity contribution in [3.05, 3.63) is 33.8 Å². The van der Waals surface area contributed by atoms with Crippen LogP contribution in [-0.4, -0.2) is 30.4 Å². The Morgan fingerprint density at radius 3 is 2.75 bits per heavy atom. The van der Waals surface area contributed by atoms with Gasteiger partial charge in [0.1, 0.15) is 5.41 Å². The quantitative estimate of drug-likeness (QED) is 0.614. The van der Waals surface area contributed by atoms with Crippen molar-refractivity contribution in [2.24, 2.45) is 5.41 Å². The molecule has 1 aromatic carbocycles. The Hall–Kier alpha value is -1.36. The predicted octanol–water partition coefficient (Wildman–Crippen LogP) is 2.29. The molecule has 2 aliphatic rings. The van der Waals surface area contributed by atoms with Crippen LogP contribution in [0.2, 0.25) is 0 Å². The first-order valence-electron chi connectivity index (χ1n) is 6.72. The van der Waals surface area contributed by atoms with E-state index in [2.05, 4.69) is 22.0 Å². The van der Waals surface area contributed by atoms with Gasteiger partial charge in [-0.1, -0.05) is 28.1 Å². The molecule has 0 atom stereocenters. The molecule has 0 spiro atoms. The lowest BCUT2D eigenvalue weighted by molar-refractivity contribution is -0.156. The number of carbonyl (C=O) groups excluding carboxylic acids is 2. The predicted molar refractivity (Wildman–Crippen MR) is 76.9 cm³/mol. The highest BCUT2D eigenvalue weighted by atomic mass is 79.9. The lowest BCUT2D eigenvalue weighted by atomic mass is 9.97. The van der Waals surface area contributed by atoms with Crippen molar-refractivity contribution in [2.75, 3.05) is 13.7 Å². The fourth-order valence-electron chi connectivity index (χ4n) is 2.84. The lowest BCUT2D eigenvalue weighted by Gasteiger charge is -2.31. The third-order valence-corrected chi connectivity index (χ3v) is 4.98. The molecule has 5 heteroatoms. The Morgan fingerprint density at radius 2 is 2.10 bits per heavy atom. The average molecular weight is 338 g/mol. The van der Waals surface area contributed by atoms with E-state index in [-0.39, 0.29) is 11.9 Å². The summed E-state index contributed by atoms with van der Waals surface area (Å²) in [5.74, 6) is -0.467. The van der Waals surface area contributed by atoms with Gasteiger partial charge in [0, 0.05) is 17.6 Å². The maximum Gasteiger partial charge on any atom is 0.321 e. The number of amides is 1. The molecule has 0 unspecified atom stereocenters. The Balaban J connectivity index is 1.82. The number of carbonyl (C=O) groups is 2. The molecule has 0 bridgehead atoms. The van der Waals surface area contributed by atoms with Gasteiger partial charge in [0.05, 0.1) is 7.11 Å². The van der Waals surface area contributed by atoms with Crippen molar-refractivity contribution >= 4 is 27.8 Å². The molecule has 1 aromatic rings. The normalized spacial score (nSPS) is 19.2.